The predicted octanol–water partition coefficient (Wildman–Crippen LogP) is 1.21. The summed E-state index contributed by atoms with van der Waals surface area (Å²) in [6, 6.07) is 3.50. The van der Waals surface area contributed by atoms with Gasteiger partial charge in [0.05, 0.1) is 11.3 Å². The first kappa shape index (κ1) is 20.5. The van der Waals surface area contributed by atoms with Crippen LogP contribution in [0.3, 0.4) is 0 Å². The first-order valence-corrected chi connectivity index (χ1v) is 9.77. The van der Waals surface area contributed by atoms with Crippen molar-refractivity contribution < 1.29 is 9.21 Å². The Kier molecular flexibility index (Phi) is 5.97. The summed E-state index contributed by atoms with van der Waals surface area (Å²) in [7, 11) is 1.32. The first-order chi connectivity index (χ1) is 13.8. The monoisotopic (exact) mass is 416 g/mol. The van der Waals surface area contributed by atoms with Gasteiger partial charge in [0.2, 0.25) is 5.89 Å². The van der Waals surface area contributed by atoms with Gasteiger partial charge in [-0.05, 0) is 18.1 Å². The van der Waals surface area contributed by atoms with E-state index < -0.39 is 17.0 Å². The number of thioether (sulfide) groups is 1. The summed E-state index contributed by atoms with van der Waals surface area (Å²) in [5, 5.41) is 7.98. The molecule has 2 N–H and O–H groups in total. The topological polar surface area (TPSA) is 139 Å². The van der Waals surface area contributed by atoms with E-state index in [0.29, 0.717) is 12.1 Å². The maximum Gasteiger partial charge on any atom is 0.332 e. The molecule has 0 aliphatic rings. The molecule has 0 unspecified atom stereocenters. The maximum atomic E-state index is 12.7. The molecule has 11 heteroatoms. The lowest BCUT2D eigenvalue weighted by Crippen LogP contribution is -2.43. The molecule has 3 aromatic rings. The van der Waals surface area contributed by atoms with Gasteiger partial charge in [0, 0.05) is 26.0 Å². The molecule has 0 amide bonds. The van der Waals surface area contributed by atoms with Crippen LogP contribution < -0.4 is 17.0 Å². The number of hydrogen-bond acceptors (Lipinski definition) is 9. The largest absolute Gasteiger partial charge is 0.411 e. The second kappa shape index (κ2) is 8.43. The van der Waals surface area contributed by atoms with Crippen LogP contribution in [-0.2, 0) is 13.6 Å². The molecular formula is C18H20N6O4S. The lowest BCUT2D eigenvalue weighted by molar-refractivity contribution is 0.102. The summed E-state index contributed by atoms with van der Waals surface area (Å²) in [5.41, 5.74) is 5.17. The number of ketones is 1. The van der Waals surface area contributed by atoms with Crippen molar-refractivity contribution in [1.82, 2.24) is 24.3 Å². The van der Waals surface area contributed by atoms with Crippen molar-refractivity contribution in [3.63, 3.8) is 0 Å². The zero-order valence-corrected chi connectivity index (χ0v) is 17.0. The lowest BCUT2D eigenvalue weighted by Gasteiger charge is -2.15. The highest BCUT2D eigenvalue weighted by atomic mass is 32.2. The van der Waals surface area contributed by atoms with Gasteiger partial charge in [0.25, 0.3) is 10.8 Å². The molecule has 10 nitrogen and oxygen atoms in total. The van der Waals surface area contributed by atoms with E-state index >= 15 is 0 Å². The number of nitrogen functional groups attached to an aromatic ring is 1. The van der Waals surface area contributed by atoms with Crippen LogP contribution in [0.2, 0.25) is 0 Å². The lowest BCUT2D eigenvalue weighted by atomic mass is 10.2. The molecule has 0 saturated carbocycles. The molecule has 3 heterocycles. The third-order valence-electron chi connectivity index (χ3n) is 4.05. The molecule has 0 aliphatic heterocycles. The Morgan fingerprint density at radius 1 is 1.31 bits per heavy atom. The van der Waals surface area contributed by atoms with E-state index in [4.69, 9.17) is 10.2 Å². The van der Waals surface area contributed by atoms with Crippen LogP contribution in [-0.4, -0.2) is 35.9 Å². The minimum atomic E-state index is -0.723. The molecule has 29 heavy (non-hydrogen) atoms. The molecule has 3 aromatic heterocycles. The number of nitrogens with two attached hydrogens (primary N) is 1. The minimum absolute atomic E-state index is 0.106. The highest BCUT2D eigenvalue weighted by Crippen LogP contribution is 2.23. The first-order valence-electron chi connectivity index (χ1n) is 8.78. The Morgan fingerprint density at radius 2 is 2.07 bits per heavy atom. The maximum absolute atomic E-state index is 12.7. The van der Waals surface area contributed by atoms with Gasteiger partial charge in [-0.25, -0.2) is 4.79 Å². The van der Waals surface area contributed by atoms with Crippen molar-refractivity contribution in [2.24, 2.45) is 13.0 Å². The Bertz CT molecular complexity index is 1150. The molecule has 0 aliphatic carbocycles. The molecule has 0 spiro atoms. The number of hydrogen-bond donors (Lipinski definition) is 1. The fraction of sp³-hybridized carbons (Fsp3) is 0.333. The minimum Gasteiger partial charge on any atom is -0.411 e. The van der Waals surface area contributed by atoms with Gasteiger partial charge in [-0.2, -0.15) is 0 Å². The van der Waals surface area contributed by atoms with Gasteiger partial charge in [0.1, 0.15) is 11.4 Å². The van der Waals surface area contributed by atoms with Crippen molar-refractivity contribution in [1.29, 1.82) is 0 Å². The van der Waals surface area contributed by atoms with Gasteiger partial charge in [-0.1, -0.05) is 25.6 Å². The van der Waals surface area contributed by atoms with E-state index in [2.05, 4.69) is 15.2 Å². The van der Waals surface area contributed by atoms with Crippen LogP contribution in [0.1, 0.15) is 24.2 Å². The van der Waals surface area contributed by atoms with Crippen LogP contribution in [0, 0.1) is 5.92 Å². The van der Waals surface area contributed by atoms with E-state index in [1.807, 2.05) is 13.8 Å². The summed E-state index contributed by atoms with van der Waals surface area (Å²) >= 11 is 0.985. The highest BCUT2D eigenvalue weighted by molar-refractivity contribution is 7.99. The molecule has 0 fully saturated rings. The smallest absolute Gasteiger partial charge is 0.332 e. The van der Waals surface area contributed by atoms with E-state index in [0.717, 1.165) is 16.3 Å². The summed E-state index contributed by atoms with van der Waals surface area (Å²) < 4.78 is 7.65. The molecule has 3 rings (SSSR count). The van der Waals surface area contributed by atoms with Crippen molar-refractivity contribution in [2.75, 3.05) is 11.5 Å². The number of rotatable bonds is 7. The average Bonchev–Trinajstić information content (AvgIpc) is 3.18. The van der Waals surface area contributed by atoms with E-state index in [9.17, 15) is 14.4 Å². The summed E-state index contributed by atoms with van der Waals surface area (Å²) in [4.78, 5) is 41.5. The Balaban J connectivity index is 1.83. The number of nitrogens with zero attached hydrogens (tertiary/aromatic N) is 5. The summed E-state index contributed by atoms with van der Waals surface area (Å²) in [5.74, 6) is -0.414. The molecule has 0 aromatic carbocycles. The number of carbonyl (C=O) groups excluding carboxylic acids is 1. The van der Waals surface area contributed by atoms with E-state index in [1.165, 1.54) is 11.6 Å². The third kappa shape index (κ3) is 4.29. The van der Waals surface area contributed by atoms with E-state index in [1.54, 1.807) is 24.5 Å². The van der Waals surface area contributed by atoms with Gasteiger partial charge in [-0.3, -0.25) is 23.7 Å². The zero-order chi connectivity index (χ0) is 21.1. The summed E-state index contributed by atoms with van der Waals surface area (Å²) in [6.07, 6.45) is 3.20. The van der Waals surface area contributed by atoms with Gasteiger partial charge < -0.3 is 10.2 Å². The van der Waals surface area contributed by atoms with Gasteiger partial charge in [0.15, 0.2) is 5.78 Å². The van der Waals surface area contributed by atoms with Crippen LogP contribution in [0.25, 0.3) is 11.5 Å². The normalized spacial score (nSPS) is 11.2. The van der Waals surface area contributed by atoms with Crippen LogP contribution in [0.5, 0.6) is 0 Å². The van der Waals surface area contributed by atoms with Crippen molar-refractivity contribution in [3.8, 4) is 11.5 Å². The number of carbonyl (C=O) groups is 1. The molecule has 152 valence electrons. The number of anilines is 1. The molecule has 0 atom stereocenters. The summed E-state index contributed by atoms with van der Waals surface area (Å²) in [6.45, 7) is 4.11. The third-order valence-corrected chi connectivity index (χ3v) is 4.87. The highest BCUT2D eigenvalue weighted by Gasteiger charge is 2.22. The molecule has 0 saturated heterocycles. The zero-order valence-electron chi connectivity index (χ0n) is 16.2. The number of Topliss-reactive ketones (excluding diaryl/α,β-unsaturated/α-hetero) is 1. The number of aromatic nitrogens is 5. The predicted molar refractivity (Wildman–Crippen MR) is 108 cm³/mol. The van der Waals surface area contributed by atoms with Crippen molar-refractivity contribution in [2.45, 2.75) is 25.6 Å². The van der Waals surface area contributed by atoms with Gasteiger partial charge in [-0.15, -0.1) is 10.2 Å². The SMILES string of the molecule is CC(C)Cn1c(N)c(C(=O)CSc2nnc(-c3cccnc3)o2)c(=O)n(C)c1=O. The van der Waals surface area contributed by atoms with Crippen LogP contribution in [0.15, 0.2) is 43.8 Å². The Labute approximate surface area is 169 Å². The Morgan fingerprint density at radius 3 is 2.72 bits per heavy atom. The van der Waals surface area contributed by atoms with Gasteiger partial charge >= 0.3 is 5.69 Å². The fourth-order valence-corrected chi connectivity index (χ4v) is 3.30. The van der Waals surface area contributed by atoms with Crippen molar-refractivity contribution in [3.05, 3.63) is 50.9 Å². The quantitative estimate of drug-likeness (QED) is 0.444. The van der Waals surface area contributed by atoms with E-state index in [-0.39, 0.29) is 34.2 Å². The molecule has 0 radical (unpaired) electrons. The van der Waals surface area contributed by atoms with Crippen molar-refractivity contribution >= 4 is 23.4 Å². The fourth-order valence-electron chi connectivity index (χ4n) is 2.66. The Hall–Kier alpha value is -3.21. The average molecular weight is 416 g/mol. The second-order valence-corrected chi connectivity index (χ2v) is 7.66. The second-order valence-electron chi connectivity index (χ2n) is 6.74. The van der Waals surface area contributed by atoms with Crippen LogP contribution >= 0.6 is 11.8 Å². The van der Waals surface area contributed by atoms with Crippen LogP contribution in [0.4, 0.5) is 5.82 Å². The number of pyridine rings is 1. The molecular weight excluding hydrogens is 396 g/mol. The molecule has 0 bridgehead atoms. The standard InChI is InChI=1S/C18H20N6O4S/c1-10(2)8-24-14(19)13(16(26)23(3)18(24)27)12(25)9-29-17-22-21-15(28-17)11-5-4-6-20-7-11/h4-7,10H,8-9,19H2,1-3H3.